The molecule has 0 amide bonds. The van der Waals surface area contributed by atoms with E-state index >= 15 is 0 Å². The molecule has 136 valence electrons. The Kier molecular flexibility index (Phi) is 4.94. The number of methoxy groups -OCH3 is 1. The molecule has 5 nitrogen and oxygen atoms in total. The van der Waals surface area contributed by atoms with Gasteiger partial charge >= 0.3 is 0 Å². The van der Waals surface area contributed by atoms with Gasteiger partial charge in [0.05, 0.1) is 23.2 Å². The Bertz CT molecular complexity index is 1040. The predicted molar refractivity (Wildman–Crippen MR) is 106 cm³/mol. The highest BCUT2D eigenvalue weighted by molar-refractivity contribution is 6.32. The third-order valence-electron chi connectivity index (χ3n) is 4.24. The number of rotatable bonds is 6. The van der Waals surface area contributed by atoms with Crippen molar-refractivity contribution in [3.8, 4) is 17.4 Å². The molecule has 0 saturated carbocycles. The summed E-state index contributed by atoms with van der Waals surface area (Å²) in [5.74, 6) is 2.69. The van der Waals surface area contributed by atoms with E-state index in [9.17, 15) is 0 Å². The van der Waals surface area contributed by atoms with Crippen molar-refractivity contribution >= 4 is 22.6 Å². The minimum absolute atomic E-state index is 0.476. The topological polar surface area (TPSA) is 60.0 Å². The summed E-state index contributed by atoms with van der Waals surface area (Å²) in [4.78, 5) is 12.2. The second-order valence-corrected chi connectivity index (χ2v) is 6.51. The number of aryl methyl sites for hydroxylation is 2. The molecule has 0 unspecified atom stereocenters. The van der Waals surface area contributed by atoms with Crippen molar-refractivity contribution in [2.45, 2.75) is 12.8 Å². The van der Waals surface area contributed by atoms with Crippen LogP contribution in [0.2, 0.25) is 5.02 Å². The SMILES string of the molecule is COc1ccc(Oc2cc(CCc3nc4ccccc4[nH]3)ccn2)c(Cl)c1. The lowest BCUT2D eigenvalue weighted by Gasteiger charge is -2.09. The first-order chi connectivity index (χ1) is 13.2. The third-order valence-corrected chi connectivity index (χ3v) is 4.54. The molecule has 0 aliphatic carbocycles. The molecule has 1 N–H and O–H groups in total. The minimum atomic E-state index is 0.476. The molecule has 0 radical (unpaired) electrons. The molecule has 0 spiro atoms. The van der Waals surface area contributed by atoms with Crippen LogP contribution >= 0.6 is 11.6 Å². The van der Waals surface area contributed by atoms with Crippen LogP contribution < -0.4 is 9.47 Å². The van der Waals surface area contributed by atoms with Gasteiger partial charge in [-0.25, -0.2) is 9.97 Å². The first kappa shape index (κ1) is 17.4. The zero-order chi connectivity index (χ0) is 18.6. The van der Waals surface area contributed by atoms with Gasteiger partial charge in [0.2, 0.25) is 5.88 Å². The molecule has 0 bridgehead atoms. The van der Waals surface area contributed by atoms with Crippen molar-refractivity contribution in [1.82, 2.24) is 15.0 Å². The summed E-state index contributed by atoms with van der Waals surface area (Å²) in [5, 5.41) is 0.476. The van der Waals surface area contributed by atoms with Crippen LogP contribution in [0.25, 0.3) is 11.0 Å². The summed E-state index contributed by atoms with van der Waals surface area (Å²) in [7, 11) is 1.60. The Morgan fingerprint density at radius 3 is 2.74 bits per heavy atom. The van der Waals surface area contributed by atoms with Crippen LogP contribution in [0.15, 0.2) is 60.8 Å². The van der Waals surface area contributed by atoms with E-state index in [2.05, 4.69) is 15.0 Å². The largest absolute Gasteiger partial charge is 0.497 e. The number of halogens is 1. The molecule has 2 aromatic carbocycles. The van der Waals surface area contributed by atoms with Gasteiger partial charge in [0.1, 0.15) is 17.3 Å². The lowest BCUT2D eigenvalue weighted by molar-refractivity contribution is 0.412. The highest BCUT2D eigenvalue weighted by Gasteiger charge is 2.08. The summed E-state index contributed by atoms with van der Waals surface area (Å²) in [5.41, 5.74) is 3.16. The first-order valence-corrected chi connectivity index (χ1v) is 8.99. The van der Waals surface area contributed by atoms with Gasteiger partial charge < -0.3 is 14.5 Å². The fourth-order valence-electron chi connectivity index (χ4n) is 2.85. The monoisotopic (exact) mass is 379 g/mol. The quantitative estimate of drug-likeness (QED) is 0.500. The first-order valence-electron chi connectivity index (χ1n) is 8.61. The normalized spacial score (nSPS) is 10.9. The van der Waals surface area contributed by atoms with Crippen LogP contribution in [0.4, 0.5) is 0 Å². The lowest BCUT2D eigenvalue weighted by Crippen LogP contribution is -1.96. The Morgan fingerprint density at radius 2 is 1.93 bits per heavy atom. The molecule has 0 atom stereocenters. The van der Waals surface area contributed by atoms with Gasteiger partial charge in [-0.15, -0.1) is 0 Å². The van der Waals surface area contributed by atoms with Crippen LogP contribution in [0, 0.1) is 0 Å². The Morgan fingerprint density at radius 1 is 1.04 bits per heavy atom. The van der Waals surface area contributed by atoms with E-state index in [1.54, 1.807) is 31.5 Å². The van der Waals surface area contributed by atoms with Crippen LogP contribution in [0.5, 0.6) is 17.4 Å². The van der Waals surface area contributed by atoms with Gasteiger partial charge in [-0.1, -0.05) is 23.7 Å². The summed E-state index contributed by atoms with van der Waals surface area (Å²) in [6, 6.07) is 17.2. The lowest BCUT2D eigenvalue weighted by atomic mass is 10.1. The summed E-state index contributed by atoms with van der Waals surface area (Å²) < 4.78 is 11.0. The van der Waals surface area contributed by atoms with Crippen molar-refractivity contribution in [3.63, 3.8) is 0 Å². The van der Waals surface area contributed by atoms with E-state index in [1.165, 1.54) is 0 Å². The maximum Gasteiger partial charge on any atom is 0.219 e. The minimum Gasteiger partial charge on any atom is -0.497 e. The van der Waals surface area contributed by atoms with Gasteiger partial charge in [0.25, 0.3) is 0 Å². The van der Waals surface area contributed by atoms with Crippen LogP contribution in [-0.2, 0) is 12.8 Å². The number of aromatic nitrogens is 3. The molecule has 0 fully saturated rings. The van der Waals surface area contributed by atoms with Gasteiger partial charge in [-0.2, -0.15) is 0 Å². The van der Waals surface area contributed by atoms with Gasteiger partial charge in [-0.05, 0) is 42.3 Å². The number of ether oxygens (including phenoxy) is 2. The number of fused-ring (bicyclic) bond motifs is 1. The Hall–Kier alpha value is -3.05. The number of aromatic amines is 1. The molecule has 0 saturated heterocycles. The fraction of sp³-hybridized carbons (Fsp3) is 0.143. The average molecular weight is 380 g/mol. The number of nitrogens with zero attached hydrogens (tertiary/aromatic N) is 2. The number of hydrogen-bond acceptors (Lipinski definition) is 4. The molecule has 0 aliphatic heterocycles. The summed E-state index contributed by atoms with van der Waals surface area (Å²) >= 11 is 6.23. The highest BCUT2D eigenvalue weighted by Crippen LogP contribution is 2.31. The van der Waals surface area contributed by atoms with Gasteiger partial charge in [0.15, 0.2) is 0 Å². The Labute approximate surface area is 162 Å². The number of H-pyrrole nitrogens is 1. The number of imidazole rings is 1. The van der Waals surface area contributed by atoms with E-state index in [0.29, 0.717) is 22.4 Å². The van der Waals surface area contributed by atoms with E-state index in [4.69, 9.17) is 21.1 Å². The molecule has 0 aliphatic rings. The van der Waals surface area contributed by atoms with E-state index in [-0.39, 0.29) is 0 Å². The molecular weight excluding hydrogens is 362 g/mol. The second-order valence-electron chi connectivity index (χ2n) is 6.10. The molecule has 2 aromatic heterocycles. The summed E-state index contributed by atoms with van der Waals surface area (Å²) in [6.07, 6.45) is 3.37. The second kappa shape index (κ2) is 7.68. The highest BCUT2D eigenvalue weighted by atomic mass is 35.5. The van der Waals surface area contributed by atoms with E-state index < -0.39 is 0 Å². The number of pyridine rings is 1. The Balaban J connectivity index is 1.45. The standard InChI is InChI=1S/C21H18ClN3O2/c1-26-15-7-8-19(16(22)13-15)27-21-12-14(10-11-23-21)6-9-20-24-17-4-2-3-5-18(17)25-20/h2-5,7-8,10-13H,6,9H2,1H3,(H,24,25). The zero-order valence-electron chi connectivity index (χ0n) is 14.8. The maximum atomic E-state index is 6.23. The van der Waals surface area contributed by atoms with Crippen molar-refractivity contribution in [3.05, 3.63) is 77.2 Å². The molecule has 4 aromatic rings. The molecule has 4 rings (SSSR count). The number of para-hydroxylation sites is 2. The van der Waals surface area contributed by atoms with Gasteiger partial charge in [-0.3, -0.25) is 0 Å². The molecular formula is C21H18ClN3O2. The van der Waals surface area contributed by atoms with Gasteiger partial charge in [0, 0.05) is 24.8 Å². The van der Waals surface area contributed by atoms with Crippen molar-refractivity contribution in [2.24, 2.45) is 0 Å². The van der Waals surface area contributed by atoms with Crippen LogP contribution in [-0.4, -0.2) is 22.1 Å². The van der Waals surface area contributed by atoms with Crippen LogP contribution in [0.3, 0.4) is 0 Å². The number of hydrogen-bond donors (Lipinski definition) is 1. The maximum absolute atomic E-state index is 6.23. The number of nitrogens with one attached hydrogen (secondary N) is 1. The van der Waals surface area contributed by atoms with Crippen molar-refractivity contribution < 1.29 is 9.47 Å². The third kappa shape index (κ3) is 4.04. The number of benzene rings is 2. The summed E-state index contributed by atoms with van der Waals surface area (Å²) in [6.45, 7) is 0. The predicted octanol–water partition coefficient (Wildman–Crippen LogP) is 5.20. The smallest absolute Gasteiger partial charge is 0.219 e. The van der Waals surface area contributed by atoms with Crippen LogP contribution in [0.1, 0.15) is 11.4 Å². The molecule has 27 heavy (non-hydrogen) atoms. The molecule has 2 heterocycles. The zero-order valence-corrected chi connectivity index (χ0v) is 15.5. The average Bonchev–Trinajstić information content (AvgIpc) is 3.11. The van der Waals surface area contributed by atoms with E-state index in [0.717, 1.165) is 35.3 Å². The molecule has 6 heteroatoms. The van der Waals surface area contributed by atoms with E-state index in [1.807, 2.05) is 36.4 Å². The fourth-order valence-corrected chi connectivity index (χ4v) is 3.06. The van der Waals surface area contributed by atoms with Crippen molar-refractivity contribution in [1.29, 1.82) is 0 Å². The van der Waals surface area contributed by atoms with Crippen molar-refractivity contribution in [2.75, 3.05) is 7.11 Å².